The lowest BCUT2D eigenvalue weighted by Gasteiger charge is -2.46. The number of rotatable bonds is 1. The third-order valence-corrected chi connectivity index (χ3v) is 9.69. The van der Waals surface area contributed by atoms with Crippen LogP contribution < -0.4 is 0 Å². The lowest BCUT2D eigenvalue weighted by molar-refractivity contribution is -0.0213. The van der Waals surface area contributed by atoms with E-state index in [2.05, 4.69) is 77.6 Å². The molecule has 2 aliphatic rings. The van der Waals surface area contributed by atoms with Crippen molar-refractivity contribution in [1.29, 1.82) is 0 Å². The van der Waals surface area contributed by atoms with Gasteiger partial charge in [-0.2, -0.15) is 0 Å². The molecule has 15 heavy (non-hydrogen) atoms. The average Bonchev–Trinajstić information content (AvgIpc) is 2.45. The molecule has 1 N–H and O–H groups in total. The van der Waals surface area contributed by atoms with Crippen molar-refractivity contribution in [2.75, 3.05) is 0 Å². The van der Waals surface area contributed by atoms with Crippen molar-refractivity contribution in [3.63, 3.8) is 0 Å². The van der Waals surface area contributed by atoms with Gasteiger partial charge in [-0.15, -0.1) is 0 Å². The van der Waals surface area contributed by atoms with Crippen LogP contribution in [0.2, 0.25) is 0 Å². The number of fused-ring (bicyclic) bond motifs is 2. The zero-order chi connectivity index (χ0) is 11.6. The van der Waals surface area contributed by atoms with Crippen molar-refractivity contribution in [3.8, 4) is 0 Å². The molecular formula is C10H14Br4O. The highest BCUT2D eigenvalue weighted by atomic mass is 79.9. The van der Waals surface area contributed by atoms with Gasteiger partial charge in [0.25, 0.3) is 0 Å². The SMILES string of the molecule is CC1(C)[C@H](O)[C@@]2(Br)CC[C@]1(C(Br)Br)[C@H]2Br. The average molecular weight is 470 g/mol. The first-order chi connectivity index (χ1) is 6.71. The Kier molecular flexibility index (Phi) is 3.27. The van der Waals surface area contributed by atoms with Crippen molar-refractivity contribution >= 4 is 63.7 Å². The molecule has 2 aliphatic carbocycles. The third kappa shape index (κ3) is 1.33. The Morgan fingerprint density at radius 2 is 1.80 bits per heavy atom. The van der Waals surface area contributed by atoms with Crippen LogP contribution in [-0.2, 0) is 0 Å². The number of hydrogen-bond donors (Lipinski definition) is 1. The van der Waals surface area contributed by atoms with Crippen LogP contribution in [-0.4, -0.2) is 24.1 Å². The molecule has 2 saturated carbocycles. The van der Waals surface area contributed by atoms with E-state index in [9.17, 15) is 5.11 Å². The Morgan fingerprint density at radius 1 is 1.27 bits per heavy atom. The highest BCUT2D eigenvalue weighted by Gasteiger charge is 2.75. The van der Waals surface area contributed by atoms with Crippen LogP contribution in [0.4, 0.5) is 0 Å². The quantitative estimate of drug-likeness (QED) is 0.571. The Morgan fingerprint density at radius 3 is 2.07 bits per heavy atom. The summed E-state index contributed by atoms with van der Waals surface area (Å²) in [6, 6.07) is 0. The zero-order valence-corrected chi connectivity index (χ0v) is 14.9. The van der Waals surface area contributed by atoms with Gasteiger partial charge in [0.2, 0.25) is 0 Å². The molecule has 1 nitrogen and oxygen atoms in total. The third-order valence-electron chi connectivity index (χ3n) is 4.52. The van der Waals surface area contributed by atoms with Gasteiger partial charge in [-0.25, -0.2) is 0 Å². The highest BCUT2D eigenvalue weighted by molar-refractivity contribution is 9.24. The summed E-state index contributed by atoms with van der Waals surface area (Å²) in [5, 5.41) is 10.5. The minimum atomic E-state index is -0.319. The normalized spacial score (nSPS) is 52.8. The van der Waals surface area contributed by atoms with Gasteiger partial charge in [-0.1, -0.05) is 77.6 Å². The van der Waals surface area contributed by atoms with Gasteiger partial charge in [-0.3, -0.25) is 0 Å². The Labute approximate surface area is 124 Å². The molecule has 0 heterocycles. The summed E-state index contributed by atoms with van der Waals surface area (Å²) in [6.45, 7) is 4.31. The molecule has 0 aliphatic heterocycles. The summed E-state index contributed by atoms with van der Waals surface area (Å²) in [5.74, 6) is 0. The van der Waals surface area contributed by atoms with E-state index in [1.165, 1.54) is 0 Å². The molecule has 88 valence electrons. The molecule has 0 aromatic rings. The molecule has 0 spiro atoms. The predicted molar refractivity (Wildman–Crippen MR) is 77.5 cm³/mol. The van der Waals surface area contributed by atoms with E-state index in [-0.39, 0.29) is 29.8 Å². The maximum Gasteiger partial charge on any atom is 0.0771 e. The van der Waals surface area contributed by atoms with E-state index in [4.69, 9.17) is 0 Å². The number of aliphatic hydroxyl groups is 1. The zero-order valence-electron chi connectivity index (χ0n) is 8.61. The van der Waals surface area contributed by atoms with E-state index in [0.29, 0.717) is 0 Å². The molecule has 0 aromatic carbocycles. The van der Waals surface area contributed by atoms with Crippen molar-refractivity contribution in [2.45, 2.75) is 45.7 Å². The molecule has 0 unspecified atom stereocenters. The second-order valence-corrected chi connectivity index (χ2v) is 10.7. The summed E-state index contributed by atoms with van der Waals surface area (Å²) >= 11 is 14.9. The van der Waals surface area contributed by atoms with E-state index in [0.717, 1.165) is 12.8 Å². The van der Waals surface area contributed by atoms with Crippen molar-refractivity contribution in [3.05, 3.63) is 0 Å². The van der Waals surface area contributed by atoms with Gasteiger partial charge in [0, 0.05) is 15.7 Å². The molecule has 2 rings (SSSR count). The molecule has 0 aromatic heterocycles. The number of halogens is 4. The fraction of sp³-hybridized carbons (Fsp3) is 1.00. The van der Waals surface area contributed by atoms with Crippen molar-refractivity contribution in [2.24, 2.45) is 10.8 Å². The van der Waals surface area contributed by atoms with Gasteiger partial charge in [0.15, 0.2) is 0 Å². The Balaban J connectivity index is 2.56. The summed E-state index contributed by atoms with van der Waals surface area (Å²) in [7, 11) is 0. The monoisotopic (exact) mass is 466 g/mol. The van der Waals surface area contributed by atoms with Crippen LogP contribution in [0.15, 0.2) is 0 Å². The minimum absolute atomic E-state index is 0.0515. The van der Waals surface area contributed by atoms with Gasteiger partial charge in [0.05, 0.1) is 14.2 Å². The van der Waals surface area contributed by atoms with Gasteiger partial charge >= 0.3 is 0 Å². The molecule has 4 atom stereocenters. The first-order valence-electron chi connectivity index (χ1n) is 5.00. The van der Waals surface area contributed by atoms with Crippen LogP contribution in [0.3, 0.4) is 0 Å². The Hall–Kier alpha value is 1.88. The van der Waals surface area contributed by atoms with Crippen LogP contribution in [0.25, 0.3) is 0 Å². The highest BCUT2D eigenvalue weighted by Crippen LogP contribution is 2.73. The maximum absolute atomic E-state index is 10.5. The van der Waals surface area contributed by atoms with Gasteiger partial charge in [0.1, 0.15) is 0 Å². The van der Waals surface area contributed by atoms with Crippen molar-refractivity contribution < 1.29 is 5.11 Å². The summed E-state index contributed by atoms with van der Waals surface area (Å²) in [5.41, 5.74) is -0.0590. The largest absolute Gasteiger partial charge is 0.391 e. The summed E-state index contributed by atoms with van der Waals surface area (Å²) in [4.78, 5) is 0.284. The molecule has 0 radical (unpaired) electrons. The molecule has 5 heteroatoms. The molecule has 0 saturated heterocycles. The molecule has 2 fully saturated rings. The van der Waals surface area contributed by atoms with Gasteiger partial charge < -0.3 is 5.11 Å². The maximum atomic E-state index is 10.5. The van der Waals surface area contributed by atoms with Crippen LogP contribution in [0.1, 0.15) is 26.7 Å². The standard InChI is InChI=1S/C10H14Br4O/c1-8(2)6(15)10(14)4-3-9(8,5(10)11)7(12)13/h5-7,15H,3-4H2,1-2H3/t5-,6+,9-,10-/m1/s1. The molecule has 2 bridgehead atoms. The van der Waals surface area contributed by atoms with E-state index < -0.39 is 0 Å². The summed E-state index contributed by atoms with van der Waals surface area (Å²) < 4.78 is 0.0458. The first-order valence-corrected chi connectivity index (χ1v) is 8.54. The lowest BCUT2D eigenvalue weighted by Crippen LogP contribution is -2.48. The summed E-state index contributed by atoms with van der Waals surface area (Å²) in [6.07, 6.45) is 1.81. The molecule has 0 amide bonds. The number of alkyl halides is 4. The lowest BCUT2D eigenvalue weighted by atomic mass is 9.65. The molecular weight excluding hydrogens is 456 g/mol. The van der Waals surface area contributed by atoms with Gasteiger partial charge in [-0.05, 0) is 12.8 Å². The van der Waals surface area contributed by atoms with Crippen LogP contribution in [0.5, 0.6) is 0 Å². The first kappa shape index (κ1) is 13.3. The van der Waals surface area contributed by atoms with Crippen LogP contribution >= 0.6 is 63.7 Å². The fourth-order valence-electron chi connectivity index (χ4n) is 3.36. The second kappa shape index (κ2) is 3.69. The van der Waals surface area contributed by atoms with E-state index >= 15 is 0 Å². The number of aliphatic hydroxyl groups excluding tert-OH is 1. The minimum Gasteiger partial charge on any atom is -0.391 e. The topological polar surface area (TPSA) is 20.2 Å². The number of hydrogen-bond acceptors (Lipinski definition) is 1. The second-order valence-electron chi connectivity index (χ2n) is 5.25. The van der Waals surface area contributed by atoms with Crippen LogP contribution in [0, 0.1) is 10.8 Å². The fourth-order valence-corrected chi connectivity index (χ4v) is 8.98. The van der Waals surface area contributed by atoms with Crippen molar-refractivity contribution in [1.82, 2.24) is 0 Å². The van der Waals surface area contributed by atoms with E-state index in [1.807, 2.05) is 0 Å². The predicted octanol–water partition coefficient (Wildman–Crippen LogP) is 4.18. The Bertz CT molecular complexity index is 293. The smallest absolute Gasteiger partial charge is 0.0771 e. The van der Waals surface area contributed by atoms with E-state index in [1.54, 1.807) is 0 Å².